The van der Waals surface area contributed by atoms with Gasteiger partial charge >= 0.3 is 0 Å². The maximum atomic E-state index is 7.94. The first-order valence-electron chi connectivity index (χ1n) is 13.7. The number of rotatable bonds is 5. The fraction of sp³-hybridized carbons (Fsp3) is 1.00. The van der Waals surface area contributed by atoms with Gasteiger partial charge in [-0.1, -0.05) is 98.1 Å². The van der Waals surface area contributed by atoms with Gasteiger partial charge in [0.25, 0.3) is 0 Å². The standard InChI is InChI=1S/C11H22.C10H20/c1-3-6-11-8-5-7-10(4-2)9-11;1-3-9-6-5-7-10(4-2)8-9/h10-11H,3-9H2,1-2H3;9-10H,3-8H2,1-2H3/i3D2,4D2,6D2;3D2,4D2. The Balaban J connectivity index is 0.000000316. The summed E-state index contributed by atoms with van der Waals surface area (Å²) in [4.78, 5) is 0. The molecule has 4 atom stereocenters. The summed E-state index contributed by atoms with van der Waals surface area (Å²) in [5.41, 5.74) is 0. The van der Waals surface area contributed by atoms with Crippen molar-refractivity contribution in [3.05, 3.63) is 0 Å². The summed E-state index contributed by atoms with van der Waals surface area (Å²) in [6, 6.07) is 0. The van der Waals surface area contributed by atoms with Crippen LogP contribution in [0.1, 0.15) is 125 Å². The molecule has 2 aliphatic rings. The Hall–Kier alpha value is 0. The molecule has 2 saturated carbocycles. The van der Waals surface area contributed by atoms with Crippen LogP contribution in [-0.4, -0.2) is 0 Å². The SMILES string of the molecule is [2H]C([2H])(C)C1CCCC(C([2H])([2H])C([2H])([2H])C)C1.[2H]C([2H])(C)C1CCCC(C([2H])([2H])C)C1. The maximum absolute atomic E-state index is 7.94. The van der Waals surface area contributed by atoms with Crippen LogP contribution in [0.4, 0.5) is 0 Å². The largest absolute Gasteiger partial charge is 0.0654 e. The van der Waals surface area contributed by atoms with Gasteiger partial charge in [-0.2, -0.15) is 0 Å². The third-order valence-electron chi connectivity index (χ3n) is 4.92. The summed E-state index contributed by atoms with van der Waals surface area (Å²) >= 11 is 0. The van der Waals surface area contributed by atoms with Crippen LogP contribution in [-0.2, 0) is 0 Å². The fourth-order valence-corrected chi connectivity index (χ4v) is 3.50. The lowest BCUT2D eigenvalue weighted by molar-refractivity contribution is 0.248. The fourth-order valence-electron chi connectivity index (χ4n) is 3.50. The quantitative estimate of drug-likeness (QED) is 0.490. The highest BCUT2D eigenvalue weighted by atomic mass is 14.3. The highest BCUT2D eigenvalue weighted by Crippen LogP contribution is 2.33. The summed E-state index contributed by atoms with van der Waals surface area (Å²) in [5, 5.41) is 0. The van der Waals surface area contributed by atoms with E-state index in [9.17, 15) is 0 Å². The van der Waals surface area contributed by atoms with Gasteiger partial charge in [0.05, 0.1) is 0 Å². The molecule has 2 aliphatic carbocycles. The van der Waals surface area contributed by atoms with E-state index in [1.165, 1.54) is 13.8 Å². The molecule has 0 aromatic heterocycles. The third kappa shape index (κ3) is 7.71. The van der Waals surface area contributed by atoms with Gasteiger partial charge in [-0.15, -0.1) is 0 Å². The van der Waals surface area contributed by atoms with E-state index in [4.69, 9.17) is 13.7 Å². The van der Waals surface area contributed by atoms with Crippen LogP contribution >= 0.6 is 0 Å². The van der Waals surface area contributed by atoms with E-state index in [2.05, 4.69) is 0 Å². The van der Waals surface area contributed by atoms with Gasteiger partial charge in [0.2, 0.25) is 0 Å². The summed E-state index contributed by atoms with van der Waals surface area (Å²) < 4.78 is 77.2. The molecule has 0 nitrogen and oxygen atoms in total. The minimum Gasteiger partial charge on any atom is -0.0654 e. The molecule has 0 spiro atoms. The van der Waals surface area contributed by atoms with Crippen LogP contribution in [0, 0.1) is 23.7 Å². The first-order chi connectivity index (χ1) is 13.7. The van der Waals surface area contributed by atoms with E-state index in [1.54, 1.807) is 13.8 Å². The van der Waals surface area contributed by atoms with Gasteiger partial charge in [-0.3, -0.25) is 0 Å². The van der Waals surface area contributed by atoms with Crippen molar-refractivity contribution in [2.75, 3.05) is 0 Å². The van der Waals surface area contributed by atoms with Crippen molar-refractivity contribution in [1.29, 1.82) is 0 Å². The molecule has 2 rings (SSSR count). The summed E-state index contributed by atoms with van der Waals surface area (Å²) in [5.74, 6) is -0.456. The molecule has 126 valence electrons. The second-order valence-electron chi connectivity index (χ2n) is 6.38. The van der Waals surface area contributed by atoms with E-state index in [0.717, 1.165) is 32.1 Å². The van der Waals surface area contributed by atoms with E-state index in [0.29, 0.717) is 19.3 Å². The Labute approximate surface area is 149 Å². The lowest BCUT2D eigenvalue weighted by atomic mass is 9.78. The average Bonchev–Trinajstić information content (AvgIpc) is 2.59. The Morgan fingerprint density at radius 2 is 1.05 bits per heavy atom. The lowest BCUT2D eigenvalue weighted by Gasteiger charge is -2.28. The number of hydrogen-bond donors (Lipinski definition) is 0. The second kappa shape index (κ2) is 11.6. The second-order valence-corrected chi connectivity index (χ2v) is 6.38. The Bertz CT molecular complexity index is 530. The molecule has 4 unspecified atom stereocenters. The van der Waals surface area contributed by atoms with Crippen LogP contribution in [0.25, 0.3) is 0 Å². The average molecular weight is 305 g/mol. The summed E-state index contributed by atoms with van der Waals surface area (Å²) in [7, 11) is 0. The van der Waals surface area contributed by atoms with Gasteiger partial charge < -0.3 is 0 Å². The highest BCUT2D eigenvalue weighted by molar-refractivity contribution is 4.72. The molecule has 0 amide bonds. The molecule has 2 fully saturated rings. The van der Waals surface area contributed by atoms with Gasteiger partial charge in [0, 0.05) is 13.7 Å². The molecular weight excluding hydrogens is 252 g/mol. The topological polar surface area (TPSA) is 0 Å². The zero-order valence-electron chi connectivity index (χ0n) is 24.5. The van der Waals surface area contributed by atoms with E-state index >= 15 is 0 Å². The molecule has 0 aromatic carbocycles. The van der Waals surface area contributed by atoms with Gasteiger partial charge in [-0.25, -0.2) is 0 Å². The maximum Gasteiger partial charge on any atom is 0.0269 e. The van der Waals surface area contributed by atoms with E-state index < -0.39 is 31.9 Å². The third-order valence-corrected chi connectivity index (χ3v) is 4.92. The minimum absolute atomic E-state index is 0.0382. The highest BCUT2D eigenvalue weighted by Gasteiger charge is 2.19. The van der Waals surface area contributed by atoms with Crippen molar-refractivity contribution in [2.45, 2.75) is 111 Å². The number of hydrogen-bond acceptors (Lipinski definition) is 0. The zero-order valence-corrected chi connectivity index (χ0v) is 14.5. The zero-order chi connectivity index (χ0) is 24.5. The van der Waals surface area contributed by atoms with Gasteiger partial charge in [-0.05, 0) is 36.5 Å². The predicted molar refractivity (Wildman–Crippen MR) is 96.7 cm³/mol. The Morgan fingerprint density at radius 1 is 0.667 bits per heavy atom. The molecule has 21 heavy (non-hydrogen) atoms. The van der Waals surface area contributed by atoms with Crippen molar-refractivity contribution in [1.82, 2.24) is 0 Å². The normalized spacial score (nSPS) is 43.6. The molecule has 0 heteroatoms. The van der Waals surface area contributed by atoms with Gasteiger partial charge in [0.1, 0.15) is 0 Å². The molecule has 0 N–H and O–H groups in total. The van der Waals surface area contributed by atoms with Crippen LogP contribution in [0.3, 0.4) is 0 Å². The van der Waals surface area contributed by atoms with Crippen molar-refractivity contribution in [3.63, 3.8) is 0 Å². The summed E-state index contributed by atoms with van der Waals surface area (Å²) in [6.07, 6.45) is -1.17. The van der Waals surface area contributed by atoms with Crippen molar-refractivity contribution in [3.8, 4) is 0 Å². The first-order valence-corrected chi connectivity index (χ1v) is 8.67. The Morgan fingerprint density at radius 3 is 1.43 bits per heavy atom. The van der Waals surface area contributed by atoms with E-state index in [-0.39, 0.29) is 23.7 Å². The molecule has 0 heterocycles. The van der Waals surface area contributed by atoms with Gasteiger partial charge in [0.15, 0.2) is 0 Å². The molecule has 0 radical (unpaired) electrons. The molecule has 0 bridgehead atoms. The van der Waals surface area contributed by atoms with Crippen molar-refractivity contribution < 1.29 is 13.7 Å². The molecule has 0 aliphatic heterocycles. The lowest BCUT2D eigenvalue weighted by Crippen LogP contribution is -2.14. The van der Waals surface area contributed by atoms with E-state index in [1.807, 2.05) is 0 Å². The van der Waals surface area contributed by atoms with Crippen LogP contribution in [0.2, 0.25) is 0 Å². The van der Waals surface area contributed by atoms with Crippen LogP contribution in [0.5, 0.6) is 0 Å². The molecule has 0 saturated heterocycles. The van der Waals surface area contributed by atoms with Crippen LogP contribution in [0.15, 0.2) is 0 Å². The Kier molecular flexibility index (Phi) is 4.81. The van der Waals surface area contributed by atoms with Crippen LogP contribution < -0.4 is 0 Å². The molecule has 0 aromatic rings. The molecular formula is C21H42. The smallest absolute Gasteiger partial charge is 0.0269 e. The predicted octanol–water partition coefficient (Wildman–Crippen LogP) is 7.62. The van der Waals surface area contributed by atoms with Crippen molar-refractivity contribution >= 4 is 0 Å². The monoisotopic (exact) mass is 304 g/mol. The summed E-state index contributed by atoms with van der Waals surface area (Å²) in [6.45, 7) is 6.05. The van der Waals surface area contributed by atoms with Crippen molar-refractivity contribution in [2.24, 2.45) is 23.7 Å². The minimum atomic E-state index is -1.88. The first kappa shape index (κ1) is 8.74.